The maximum Gasteiger partial charge on any atom is 0.261 e. The third kappa shape index (κ3) is 3.16. The number of rotatable bonds is 3. The van der Waals surface area contributed by atoms with E-state index in [1.165, 1.54) is 0 Å². The number of nitrogens with one attached hydrogen (secondary N) is 2. The van der Waals surface area contributed by atoms with Crippen molar-refractivity contribution in [3.05, 3.63) is 51.6 Å². The van der Waals surface area contributed by atoms with E-state index in [2.05, 4.69) is 32.6 Å². The minimum atomic E-state index is -3.55. The second-order valence-corrected chi connectivity index (χ2v) is 7.78. The predicted octanol–water partition coefficient (Wildman–Crippen LogP) is 3.45. The standard InChI is InChI=1S/C15H15IN2O2S/c16-13-5-1-2-6-15(13)18-21(19,20)12-7-8-14-11(10-12)4-3-9-17-14/h1-2,5-8,10,17-18H,3-4,9H2. The molecule has 2 aromatic carbocycles. The smallest absolute Gasteiger partial charge is 0.261 e. The van der Waals surface area contributed by atoms with Crippen molar-refractivity contribution in [2.24, 2.45) is 0 Å². The molecule has 1 heterocycles. The number of aryl methyl sites for hydroxylation is 1. The van der Waals surface area contributed by atoms with Crippen molar-refractivity contribution in [2.75, 3.05) is 16.6 Å². The van der Waals surface area contributed by atoms with Crippen LogP contribution in [0.2, 0.25) is 0 Å². The van der Waals surface area contributed by atoms with Crippen LogP contribution in [0.15, 0.2) is 47.4 Å². The highest BCUT2D eigenvalue weighted by atomic mass is 127. The average molecular weight is 414 g/mol. The first kappa shape index (κ1) is 14.6. The highest BCUT2D eigenvalue weighted by Gasteiger charge is 2.18. The largest absolute Gasteiger partial charge is 0.385 e. The number of sulfonamides is 1. The Morgan fingerprint density at radius 2 is 1.95 bits per heavy atom. The zero-order chi connectivity index (χ0) is 14.9. The van der Waals surface area contributed by atoms with Crippen LogP contribution in [0, 0.1) is 3.57 Å². The van der Waals surface area contributed by atoms with Crippen molar-refractivity contribution in [1.82, 2.24) is 0 Å². The third-order valence-electron chi connectivity index (χ3n) is 3.44. The van der Waals surface area contributed by atoms with Gasteiger partial charge in [0.15, 0.2) is 0 Å². The van der Waals surface area contributed by atoms with Crippen LogP contribution in [0.4, 0.5) is 11.4 Å². The zero-order valence-corrected chi connectivity index (χ0v) is 14.2. The van der Waals surface area contributed by atoms with Crippen LogP contribution in [0.1, 0.15) is 12.0 Å². The van der Waals surface area contributed by atoms with Crippen LogP contribution in [-0.4, -0.2) is 15.0 Å². The first-order valence-electron chi connectivity index (χ1n) is 6.70. The lowest BCUT2D eigenvalue weighted by Gasteiger charge is -2.19. The monoisotopic (exact) mass is 414 g/mol. The van der Waals surface area contributed by atoms with E-state index in [0.717, 1.165) is 34.2 Å². The minimum absolute atomic E-state index is 0.310. The van der Waals surface area contributed by atoms with Gasteiger partial charge in [0.25, 0.3) is 10.0 Å². The van der Waals surface area contributed by atoms with Crippen LogP contribution >= 0.6 is 22.6 Å². The molecule has 0 atom stereocenters. The van der Waals surface area contributed by atoms with Crippen molar-refractivity contribution >= 4 is 44.0 Å². The second kappa shape index (κ2) is 5.84. The Morgan fingerprint density at radius 3 is 2.76 bits per heavy atom. The van der Waals surface area contributed by atoms with Gasteiger partial charge in [0.05, 0.1) is 10.6 Å². The summed E-state index contributed by atoms with van der Waals surface area (Å²) in [6, 6.07) is 12.6. The Kier molecular flexibility index (Phi) is 4.08. The zero-order valence-electron chi connectivity index (χ0n) is 11.3. The Hall–Kier alpha value is -1.28. The molecule has 3 rings (SSSR count). The Balaban J connectivity index is 1.93. The lowest BCUT2D eigenvalue weighted by molar-refractivity contribution is 0.601. The van der Waals surface area contributed by atoms with Gasteiger partial charge in [-0.1, -0.05) is 12.1 Å². The van der Waals surface area contributed by atoms with E-state index in [9.17, 15) is 8.42 Å². The molecule has 4 nitrogen and oxygen atoms in total. The molecule has 2 N–H and O–H groups in total. The van der Waals surface area contributed by atoms with Crippen molar-refractivity contribution in [3.8, 4) is 0 Å². The molecular formula is C15H15IN2O2S. The summed E-state index contributed by atoms with van der Waals surface area (Å²) in [7, 11) is -3.55. The first-order chi connectivity index (χ1) is 10.1. The van der Waals surface area contributed by atoms with E-state index >= 15 is 0 Å². The van der Waals surface area contributed by atoms with Gasteiger partial charge in [0.2, 0.25) is 0 Å². The highest BCUT2D eigenvalue weighted by Crippen LogP contribution is 2.27. The number of anilines is 2. The summed E-state index contributed by atoms with van der Waals surface area (Å²) < 4.78 is 28.5. The summed E-state index contributed by atoms with van der Waals surface area (Å²) in [5, 5.41) is 3.28. The van der Waals surface area contributed by atoms with Crippen molar-refractivity contribution in [2.45, 2.75) is 17.7 Å². The van der Waals surface area contributed by atoms with E-state index in [0.29, 0.717) is 10.6 Å². The molecule has 110 valence electrons. The quantitative estimate of drug-likeness (QED) is 0.757. The summed E-state index contributed by atoms with van der Waals surface area (Å²) in [6.07, 6.45) is 1.94. The minimum Gasteiger partial charge on any atom is -0.385 e. The molecule has 6 heteroatoms. The van der Waals surface area contributed by atoms with Crippen LogP contribution < -0.4 is 10.0 Å². The van der Waals surface area contributed by atoms with Crippen molar-refractivity contribution in [1.29, 1.82) is 0 Å². The van der Waals surface area contributed by atoms with E-state index in [1.807, 2.05) is 24.3 Å². The van der Waals surface area contributed by atoms with Gasteiger partial charge in [-0.15, -0.1) is 0 Å². The first-order valence-corrected chi connectivity index (χ1v) is 9.26. The second-order valence-electron chi connectivity index (χ2n) is 4.93. The highest BCUT2D eigenvalue weighted by molar-refractivity contribution is 14.1. The van der Waals surface area contributed by atoms with Gasteiger partial charge in [0.1, 0.15) is 0 Å². The van der Waals surface area contributed by atoms with Gasteiger partial charge in [0, 0.05) is 15.8 Å². The predicted molar refractivity (Wildman–Crippen MR) is 93.2 cm³/mol. The summed E-state index contributed by atoms with van der Waals surface area (Å²) in [5.41, 5.74) is 2.70. The number of halogens is 1. The Bertz CT molecular complexity index is 775. The Morgan fingerprint density at radius 1 is 1.14 bits per heavy atom. The van der Waals surface area contributed by atoms with Crippen LogP contribution in [0.5, 0.6) is 0 Å². The molecule has 21 heavy (non-hydrogen) atoms. The van der Waals surface area contributed by atoms with E-state index in [-0.39, 0.29) is 0 Å². The summed E-state index contributed by atoms with van der Waals surface area (Å²) in [4.78, 5) is 0.310. The topological polar surface area (TPSA) is 58.2 Å². The van der Waals surface area contributed by atoms with E-state index in [1.54, 1.807) is 18.2 Å². The molecule has 2 aromatic rings. The van der Waals surface area contributed by atoms with E-state index < -0.39 is 10.0 Å². The maximum atomic E-state index is 12.5. The third-order valence-corrected chi connectivity index (χ3v) is 5.75. The molecule has 0 spiro atoms. The molecule has 1 aliphatic rings. The van der Waals surface area contributed by atoms with Gasteiger partial charge in [-0.25, -0.2) is 8.42 Å². The average Bonchev–Trinajstić information content (AvgIpc) is 2.49. The molecule has 0 saturated heterocycles. The van der Waals surface area contributed by atoms with Gasteiger partial charge < -0.3 is 5.32 Å². The molecule has 0 bridgehead atoms. The number of hydrogen-bond donors (Lipinski definition) is 2. The summed E-state index contributed by atoms with van der Waals surface area (Å²) in [5.74, 6) is 0. The van der Waals surface area contributed by atoms with Gasteiger partial charge in [-0.2, -0.15) is 0 Å². The number of para-hydroxylation sites is 1. The lowest BCUT2D eigenvalue weighted by Crippen LogP contribution is -2.16. The van der Waals surface area contributed by atoms with Crippen LogP contribution in [0.25, 0.3) is 0 Å². The molecule has 0 saturated carbocycles. The Labute approximate surface area is 138 Å². The molecule has 0 aliphatic carbocycles. The van der Waals surface area contributed by atoms with Gasteiger partial charge in [-0.3, -0.25) is 4.72 Å². The fraction of sp³-hybridized carbons (Fsp3) is 0.200. The molecule has 0 unspecified atom stereocenters. The molecule has 0 radical (unpaired) electrons. The normalized spacial score (nSPS) is 14.1. The molecule has 1 aliphatic heterocycles. The lowest BCUT2D eigenvalue weighted by atomic mass is 10.0. The molecule has 0 fully saturated rings. The maximum absolute atomic E-state index is 12.5. The number of benzene rings is 2. The van der Waals surface area contributed by atoms with Crippen LogP contribution in [0.3, 0.4) is 0 Å². The fourth-order valence-corrected chi connectivity index (χ4v) is 4.20. The van der Waals surface area contributed by atoms with E-state index in [4.69, 9.17) is 0 Å². The summed E-state index contributed by atoms with van der Waals surface area (Å²) in [6.45, 7) is 0.944. The van der Waals surface area contributed by atoms with Gasteiger partial charge >= 0.3 is 0 Å². The van der Waals surface area contributed by atoms with Crippen LogP contribution in [-0.2, 0) is 16.4 Å². The number of fused-ring (bicyclic) bond motifs is 1. The van der Waals surface area contributed by atoms with Gasteiger partial charge in [-0.05, 0) is 71.3 Å². The van der Waals surface area contributed by atoms with Crippen molar-refractivity contribution in [3.63, 3.8) is 0 Å². The SMILES string of the molecule is O=S(=O)(Nc1ccccc1I)c1ccc2c(c1)CCCN2. The van der Waals surface area contributed by atoms with Crippen molar-refractivity contribution < 1.29 is 8.42 Å². The number of hydrogen-bond acceptors (Lipinski definition) is 3. The molecular weight excluding hydrogens is 399 g/mol. The summed E-state index contributed by atoms with van der Waals surface area (Å²) >= 11 is 2.12. The molecule has 0 aromatic heterocycles. The molecule has 0 amide bonds. The fourth-order valence-electron chi connectivity index (χ4n) is 2.37.